The van der Waals surface area contributed by atoms with Gasteiger partial charge in [-0.2, -0.15) is 0 Å². The molecule has 1 aliphatic rings. The minimum atomic E-state index is 0.0104. The summed E-state index contributed by atoms with van der Waals surface area (Å²) in [5.41, 5.74) is 7.61. The zero-order valence-corrected chi connectivity index (χ0v) is 13.4. The minimum absolute atomic E-state index is 0.0104. The Bertz CT molecular complexity index is 419. The number of rotatable bonds is 6. The summed E-state index contributed by atoms with van der Waals surface area (Å²) in [7, 11) is 1.68. The van der Waals surface area contributed by atoms with Crippen LogP contribution in [0, 0.1) is 0 Å². The molecule has 0 amide bonds. The van der Waals surface area contributed by atoms with Gasteiger partial charge in [0.05, 0.1) is 13.2 Å². The maximum absolute atomic E-state index is 6.46. The lowest BCUT2D eigenvalue weighted by atomic mass is 9.97. The molecule has 3 atom stereocenters. The van der Waals surface area contributed by atoms with Gasteiger partial charge in [-0.25, -0.2) is 0 Å². The Hall–Kier alpha value is -1.10. The molecule has 1 aromatic carbocycles. The van der Waals surface area contributed by atoms with E-state index in [1.807, 2.05) is 12.1 Å². The maximum atomic E-state index is 6.46. The molecule has 4 nitrogen and oxygen atoms in total. The van der Waals surface area contributed by atoms with E-state index in [0.717, 1.165) is 37.4 Å². The van der Waals surface area contributed by atoms with Crippen molar-refractivity contribution >= 4 is 0 Å². The molecule has 21 heavy (non-hydrogen) atoms. The number of nitrogens with zero attached hydrogens (tertiary/aromatic N) is 1. The van der Waals surface area contributed by atoms with Crippen molar-refractivity contribution in [2.75, 3.05) is 26.8 Å². The molecule has 1 aromatic rings. The first kappa shape index (κ1) is 16.3. The second-order valence-corrected chi connectivity index (χ2v) is 5.75. The standard InChI is InChI=1S/C17H28N2O2/c1-4-21-16-6-5-11-19(12-16)13(2)17(18)14-7-9-15(20-3)10-8-14/h7-10,13,16-17H,4-6,11-12,18H2,1-3H3. The summed E-state index contributed by atoms with van der Waals surface area (Å²) in [5.74, 6) is 0.869. The molecule has 0 saturated carbocycles. The van der Waals surface area contributed by atoms with Crippen LogP contribution in [0.3, 0.4) is 0 Å². The first-order valence-electron chi connectivity index (χ1n) is 7.91. The van der Waals surface area contributed by atoms with Crippen LogP contribution in [-0.2, 0) is 4.74 Å². The van der Waals surface area contributed by atoms with Gasteiger partial charge in [-0.1, -0.05) is 12.1 Å². The van der Waals surface area contributed by atoms with Gasteiger partial charge in [0.15, 0.2) is 0 Å². The van der Waals surface area contributed by atoms with E-state index in [4.69, 9.17) is 15.2 Å². The number of nitrogens with two attached hydrogens (primary N) is 1. The second kappa shape index (κ2) is 7.78. The smallest absolute Gasteiger partial charge is 0.118 e. The van der Waals surface area contributed by atoms with Crippen molar-refractivity contribution in [3.8, 4) is 5.75 Å². The number of hydrogen-bond acceptors (Lipinski definition) is 4. The Labute approximate surface area is 128 Å². The van der Waals surface area contributed by atoms with E-state index in [9.17, 15) is 0 Å². The SMILES string of the molecule is CCOC1CCCN(C(C)C(N)c2ccc(OC)cc2)C1. The molecule has 0 aromatic heterocycles. The molecule has 3 unspecified atom stereocenters. The lowest BCUT2D eigenvalue weighted by molar-refractivity contribution is -0.00831. The van der Waals surface area contributed by atoms with E-state index in [1.165, 1.54) is 6.42 Å². The predicted molar refractivity (Wildman–Crippen MR) is 85.6 cm³/mol. The largest absolute Gasteiger partial charge is 0.497 e. The molecule has 1 heterocycles. The molecule has 0 spiro atoms. The van der Waals surface area contributed by atoms with E-state index < -0.39 is 0 Å². The third-order valence-electron chi connectivity index (χ3n) is 4.41. The van der Waals surface area contributed by atoms with Gasteiger partial charge < -0.3 is 15.2 Å². The van der Waals surface area contributed by atoms with Crippen LogP contribution < -0.4 is 10.5 Å². The number of methoxy groups -OCH3 is 1. The van der Waals surface area contributed by atoms with Crippen molar-refractivity contribution in [1.29, 1.82) is 0 Å². The van der Waals surface area contributed by atoms with Crippen LogP contribution in [0.5, 0.6) is 5.75 Å². The fourth-order valence-electron chi connectivity index (χ4n) is 3.04. The molecule has 1 saturated heterocycles. The van der Waals surface area contributed by atoms with Gasteiger partial charge in [0.25, 0.3) is 0 Å². The van der Waals surface area contributed by atoms with Crippen LogP contribution in [0.2, 0.25) is 0 Å². The zero-order chi connectivity index (χ0) is 15.2. The summed E-state index contributed by atoms with van der Waals surface area (Å²) in [6, 6.07) is 8.38. The number of benzene rings is 1. The van der Waals surface area contributed by atoms with Gasteiger partial charge in [-0.15, -0.1) is 0 Å². The highest BCUT2D eigenvalue weighted by atomic mass is 16.5. The van der Waals surface area contributed by atoms with Crippen LogP contribution in [0.4, 0.5) is 0 Å². The molecular formula is C17H28N2O2. The van der Waals surface area contributed by atoms with Crippen molar-refractivity contribution in [1.82, 2.24) is 4.90 Å². The fourth-order valence-corrected chi connectivity index (χ4v) is 3.04. The van der Waals surface area contributed by atoms with Crippen molar-refractivity contribution < 1.29 is 9.47 Å². The number of likely N-dealkylation sites (tertiary alicyclic amines) is 1. The highest BCUT2D eigenvalue weighted by Gasteiger charge is 2.27. The average Bonchev–Trinajstić information content (AvgIpc) is 2.54. The van der Waals surface area contributed by atoms with Crippen molar-refractivity contribution in [2.24, 2.45) is 5.73 Å². The van der Waals surface area contributed by atoms with Gasteiger partial charge in [0.2, 0.25) is 0 Å². The van der Waals surface area contributed by atoms with Crippen LogP contribution in [0.25, 0.3) is 0 Å². The Morgan fingerprint density at radius 1 is 1.33 bits per heavy atom. The molecule has 0 bridgehead atoms. The van der Waals surface area contributed by atoms with E-state index in [0.29, 0.717) is 12.1 Å². The second-order valence-electron chi connectivity index (χ2n) is 5.75. The van der Waals surface area contributed by atoms with Crippen LogP contribution in [-0.4, -0.2) is 43.9 Å². The maximum Gasteiger partial charge on any atom is 0.118 e. The summed E-state index contributed by atoms with van der Waals surface area (Å²) >= 11 is 0. The first-order valence-corrected chi connectivity index (χ1v) is 7.91. The van der Waals surface area contributed by atoms with Gasteiger partial charge in [-0.3, -0.25) is 4.90 Å². The molecule has 4 heteroatoms. The number of ether oxygens (including phenoxy) is 2. The van der Waals surface area contributed by atoms with Crippen LogP contribution >= 0.6 is 0 Å². The Kier molecular flexibility index (Phi) is 6.03. The number of hydrogen-bond donors (Lipinski definition) is 1. The number of piperidine rings is 1. The Morgan fingerprint density at radius 3 is 2.67 bits per heavy atom. The van der Waals surface area contributed by atoms with E-state index in [1.54, 1.807) is 7.11 Å². The van der Waals surface area contributed by atoms with Crippen LogP contribution in [0.1, 0.15) is 38.3 Å². The molecule has 1 aliphatic heterocycles. The summed E-state index contributed by atoms with van der Waals surface area (Å²) < 4.78 is 11.0. The Balaban J connectivity index is 1.98. The van der Waals surface area contributed by atoms with Gasteiger partial charge >= 0.3 is 0 Å². The first-order chi connectivity index (χ1) is 10.2. The minimum Gasteiger partial charge on any atom is -0.497 e. The quantitative estimate of drug-likeness (QED) is 0.875. The summed E-state index contributed by atoms with van der Waals surface area (Å²) in [6.07, 6.45) is 2.70. The zero-order valence-electron chi connectivity index (χ0n) is 13.4. The lowest BCUT2D eigenvalue weighted by Crippen LogP contribution is -2.48. The van der Waals surface area contributed by atoms with E-state index in [-0.39, 0.29) is 6.04 Å². The van der Waals surface area contributed by atoms with Crippen molar-refractivity contribution in [3.05, 3.63) is 29.8 Å². The lowest BCUT2D eigenvalue weighted by Gasteiger charge is -2.39. The van der Waals surface area contributed by atoms with E-state index >= 15 is 0 Å². The normalized spacial score (nSPS) is 22.8. The summed E-state index contributed by atoms with van der Waals surface area (Å²) in [4.78, 5) is 2.46. The highest BCUT2D eigenvalue weighted by molar-refractivity contribution is 5.29. The highest BCUT2D eigenvalue weighted by Crippen LogP contribution is 2.24. The monoisotopic (exact) mass is 292 g/mol. The average molecular weight is 292 g/mol. The third kappa shape index (κ3) is 4.19. The van der Waals surface area contributed by atoms with Gasteiger partial charge in [0, 0.05) is 25.2 Å². The molecule has 0 radical (unpaired) electrons. The van der Waals surface area contributed by atoms with E-state index in [2.05, 4.69) is 30.9 Å². The molecule has 118 valence electrons. The molecule has 1 fully saturated rings. The van der Waals surface area contributed by atoms with Crippen LogP contribution in [0.15, 0.2) is 24.3 Å². The summed E-state index contributed by atoms with van der Waals surface area (Å²) in [6.45, 7) is 7.15. The van der Waals surface area contributed by atoms with Gasteiger partial charge in [0.1, 0.15) is 5.75 Å². The molecule has 2 rings (SSSR count). The third-order valence-corrected chi connectivity index (χ3v) is 4.41. The molecule has 2 N–H and O–H groups in total. The Morgan fingerprint density at radius 2 is 2.05 bits per heavy atom. The summed E-state index contributed by atoms with van der Waals surface area (Å²) in [5, 5.41) is 0. The van der Waals surface area contributed by atoms with Crippen molar-refractivity contribution in [2.45, 2.75) is 44.9 Å². The predicted octanol–water partition coefficient (Wildman–Crippen LogP) is 2.58. The fraction of sp³-hybridized carbons (Fsp3) is 0.647. The molecule has 0 aliphatic carbocycles. The van der Waals surface area contributed by atoms with Crippen molar-refractivity contribution in [3.63, 3.8) is 0 Å². The molecular weight excluding hydrogens is 264 g/mol. The van der Waals surface area contributed by atoms with Gasteiger partial charge in [-0.05, 0) is 50.9 Å². The topological polar surface area (TPSA) is 47.7 Å².